The van der Waals surface area contributed by atoms with Gasteiger partial charge in [-0.2, -0.15) is 0 Å². The van der Waals surface area contributed by atoms with Gasteiger partial charge in [-0.3, -0.25) is 10.1 Å². The normalized spacial score (nSPS) is 26.5. The molecule has 0 bridgehead atoms. The summed E-state index contributed by atoms with van der Waals surface area (Å²) in [6.07, 6.45) is 3.78. The number of benzene rings is 1. The summed E-state index contributed by atoms with van der Waals surface area (Å²) >= 11 is 0. The molecular formula is C18H19FN4O. The van der Waals surface area contributed by atoms with Crippen LogP contribution in [0, 0.1) is 12.5 Å². The lowest BCUT2D eigenvalue weighted by atomic mass is 9.73. The lowest BCUT2D eigenvalue weighted by molar-refractivity contribution is -0.127. The zero-order valence-corrected chi connectivity index (χ0v) is 13.6. The average molecular weight is 326 g/mol. The zero-order chi connectivity index (χ0) is 16.9. The Kier molecular flexibility index (Phi) is 3.34. The van der Waals surface area contributed by atoms with Gasteiger partial charge < -0.3 is 4.57 Å². The molecule has 5 nitrogen and oxygen atoms in total. The maximum Gasteiger partial charge on any atom is 0.230 e. The van der Waals surface area contributed by atoms with Gasteiger partial charge in [0.05, 0.1) is 17.6 Å². The van der Waals surface area contributed by atoms with E-state index in [9.17, 15) is 9.18 Å². The molecule has 6 heteroatoms. The summed E-state index contributed by atoms with van der Waals surface area (Å²) in [4.78, 5) is 20.4. The van der Waals surface area contributed by atoms with Crippen LogP contribution in [-0.4, -0.2) is 21.1 Å². The molecule has 0 saturated heterocycles. The van der Waals surface area contributed by atoms with Crippen LogP contribution in [0.2, 0.25) is 0 Å². The van der Waals surface area contributed by atoms with Crippen molar-refractivity contribution in [3.8, 4) is 0 Å². The fraction of sp³-hybridized carbons (Fsp3) is 0.500. The summed E-state index contributed by atoms with van der Waals surface area (Å²) in [5, 5.41) is 2.90. The van der Waals surface area contributed by atoms with Gasteiger partial charge in [-0.1, -0.05) is 6.07 Å². The smallest absolute Gasteiger partial charge is 0.230 e. The maximum atomic E-state index is 13.6. The quantitative estimate of drug-likeness (QED) is 0.851. The molecule has 2 aliphatic rings. The van der Waals surface area contributed by atoms with E-state index in [4.69, 9.17) is 6.57 Å². The van der Waals surface area contributed by atoms with Gasteiger partial charge in [0.15, 0.2) is 5.69 Å². The van der Waals surface area contributed by atoms with Gasteiger partial charge in [0, 0.05) is 12.0 Å². The summed E-state index contributed by atoms with van der Waals surface area (Å²) in [5.41, 5.74) is 0.995. The molecule has 1 N–H and O–H groups in total. The molecule has 2 aliphatic carbocycles. The minimum Gasteiger partial charge on any atom is -0.308 e. The zero-order valence-electron chi connectivity index (χ0n) is 13.6. The van der Waals surface area contributed by atoms with Crippen molar-refractivity contribution < 1.29 is 9.18 Å². The second-order valence-electron chi connectivity index (χ2n) is 7.18. The van der Waals surface area contributed by atoms with Gasteiger partial charge in [0.1, 0.15) is 5.67 Å². The number of carbonyl (C=O) groups excluding carboxylic acids is 1. The van der Waals surface area contributed by atoms with E-state index in [-0.39, 0.29) is 24.7 Å². The molecule has 124 valence electrons. The highest BCUT2D eigenvalue weighted by molar-refractivity contribution is 5.94. The largest absolute Gasteiger partial charge is 0.308 e. The first kappa shape index (κ1) is 15.1. The van der Waals surface area contributed by atoms with Crippen LogP contribution >= 0.6 is 0 Å². The molecule has 24 heavy (non-hydrogen) atoms. The summed E-state index contributed by atoms with van der Waals surface area (Å²) in [6.45, 7) is 8.73. The number of hydrogen-bond donors (Lipinski definition) is 1. The highest BCUT2D eigenvalue weighted by atomic mass is 19.1. The van der Waals surface area contributed by atoms with E-state index in [1.165, 1.54) is 6.92 Å². The SMILES string of the molecule is [C-]#[N+]c1ccc2nc(NC(=O)C3CC(C)(F)C3)n(C3CCC3)c2c1. The molecule has 1 amide bonds. The van der Waals surface area contributed by atoms with Crippen molar-refractivity contribution in [3.05, 3.63) is 29.6 Å². The topological polar surface area (TPSA) is 51.3 Å². The van der Waals surface area contributed by atoms with Crippen LogP contribution in [0.25, 0.3) is 15.9 Å². The summed E-state index contributed by atoms with van der Waals surface area (Å²) in [5.74, 6) is 0.0779. The Morgan fingerprint density at radius 1 is 1.46 bits per heavy atom. The van der Waals surface area contributed by atoms with E-state index < -0.39 is 5.67 Å². The first-order chi connectivity index (χ1) is 11.5. The molecule has 1 heterocycles. The predicted molar refractivity (Wildman–Crippen MR) is 89.7 cm³/mol. The Morgan fingerprint density at radius 3 is 2.79 bits per heavy atom. The number of nitrogens with zero attached hydrogens (tertiary/aromatic N) is 3. The van der Waals surface area contributed by atoms with Crippen molar-refractivity contribution in [2.24, 2.45) is 5.92 Å². The number of nitrogens with one attached hydrogen (secondary N) is 1. The van der Waals surface area contributed by atoms with Crippen LogP contribution in [0.4, 0.5) is 16.0 Å². The molecule has 1 aromatic carbocycles. The van der Waals surface area contributed by atoms with Gasteiger partial charge in [-0.25, -0.2) is 14.2 Å². The molecule has 0 spiro atoms. The number of rotatable bonds is 3. The Labute approximate surface area is 139 Å². The predicted octanol–water partition coefficient (Wildman–Crippen LogP) is 4.39. The van der Waals surface area contributed by atoms with Crippen LogP contribution < -0.4 is 5.32 Å². The highest BCUT2D eigenvalue weighted by Crippen LogP contribution is 2.42. The standard InChI is InChI=1S/C18H19FN4O/c1-18(19)9-11(10-18)16(24)22-17-21-14-7-6-12(20-2)8-15(14)23(17)13-4-3-5-13/h6-8,11,13H,3-5,9-10H2,1H3,(H,21,22,24). The molecule has 2 aromatic rings. The molecule has 0 unspecified atom stereocenters. The van der Waals surface area contributed by atoms with Gasteiger partial charge >= 0.3 is 0 Å². The van der Waals surface area contributed by atoms with Gasteiger partial charge in [0.25, 0.3) is 0 Å². The van der Waals surface area contributed by atoms with Crippen LogP contribution in [0.3, 0.4) is 0 Å². The van der Waals surface area contributed by atoms with Crippen molar-refractivity contribution in [3.63, 3.8) is 0 Å². The minimum atomic E-state index is -1.22. The Hall–Kier alpha value is -2.42. The van der Waals surface area contributed by atoms with Crippen molar-refractivity contribution in [2.45, 2.75) is 50.7 Å². The lowest BCUT2D eigenvalue weighted by Gasteiger charge is -2.37. The lowest BCUT2D eigenvalue weighted by Crippen LogP contribution is -2.43. The van der Waals surface area contributed by atoms with Crippen molar-refractivity contribution in [1.29, 1.82) is 0 Å². The number of carbonyl (C=O) groups is 1. The Morgan fingerprint density at radius 2 is 2.21 bits per heavy atom. The molecular weight excluding hydrogens is 307 g/mol. The van der Waals surface area contributed by atoms with Crippen molar-refractivity contribution >= 4 is 28.6 Å². The molecule has 2 fully saturated rings. The minimum absolute atomic E-state index is 0.161. The molecule has 0 radical (unpaired) electrons. The second kappa shape index (κ2) is 5.30. The summed E-state index contributed by atoms with van der Waals surface area (Å²) in [6, 6.07) is 5.68. The van der Waals surface area contributed by atoms with Crippen molar-refractivity contribution in [2.75, 3.05) is 5.32 Å². The third-order valence-electron chi connectivity index (χ3n) is 5.19. The molecule has 1 aromatic heterocycles. The number of anilines is 1. The number of imidazole rings is 1. The van der Waals surface area contributed by atoms with Crippen LogP contribution in [0.15, 0.2) is 18.2 Å². The number of aromatic nitrogens is 2. The number of amides is 1. The van der Waals surface area contributed by atoms with Gasteiger partial charge in [-0.15, -0.1) is 0 Å². The van der Waals surface area contributed by atoms with E-state index in [1.807, 2.05) is 16.7 Å². The van der Waals surface area contributed by atoms with Gasteiger partial charge in [-0.05, 0) is 51.2 Å². The number of fused-ring (bicyclic) bond motifs is 1. The van der Waals surface area contributed by atoms with E-state index in [0.717, 1.165) is 30.3 Å². The molecule has 0 aliphatic heterocycles. The number of halogens is 1. The molecule has 4 rings (SSSR count). The maximum absolute atomic E-state index is 13.6. The van der Waals surface area contributed by atoms with Gasteiger partial charge in [0.2, 0.25) is 11.9 Å². The highest BCUT2D eigenvalue weighted by Gasteiger charge is 2.44. The molecule has 0 atom stereocenters. The summed E-state index contributed by atoms with van der Waals surface area (Å²) in [7, 11) is 0. The van der Waals surface area contributed by atoms with Crippen molar-refractivity contribution in [1.82, 2.24) is 9.55 Å². The fourth-order valence-corrected chi connectivity index (χ4v) is 3.62. The van der Waals surface area contributed by atoms with Crippen LogP contribution in [0.5, 0.6) is 0 Å². The van der Waals surface area contributed by atoms with E-state index in [1.54, 1.807) is 6.07 Å². The van der Waals surface area contributed by atoms with E-state index in [0.29, 0.717) is 17.7 Å². The monoisotopic (exact) mass is 326 g/mol. The van der Waals surface area contributed by atoms with Crippen LogP contribution in [-0.2, 0) is 4.79 Å². The van der Waals surface area contributed by atoms with E-state index >= 15 is 0 Å². The van der Waals surface area contributed by atoms with Crippen LogP contribution in [0.1, 0.15) is 45.1 Å². The Balaban J connectivity index is 1.67. The summed E-state index contributed by atoms with van der Waals surface area (Å²) < 4.78 is 15.7. The fourth-order valence-electron chi connectivity index (χ4n) is 3.62. The third-order valence-corrected chi connectivity index (χ3v) is 5.19. The first-order valence-electron chi connectivity index (χ1n) is 8.36. The average Bonchev–Trinajstić information content (AvgIpc) is 2.80. The number of alkyl halides is 1. The van der Waals surface area contributed by atoms with E-state index in [2.05, 4.69) is 15.1 Å². The third kappa shape index (κ3) is 2.44. The number of hydrogen-bond acceptors (Lipinski definition) is 2. The first-order valence-corrected chi connectivity index (χ1v) is 8.36. The second-order valence-corrected chi connectivity index (χ2v) is 7.18. The Bertz CT molecular complexity index is 852. The molecule has 2 saturated carbocycles.